The highest BCUT2D eigenvalue weighted by Gasteiger charge is 2.45. The fraction of sp³-hybridized carbons (Fsp3) is 0.800. The van der Waals surface area contributed by atoms with E-state index in [9.17, 15) is 8.42 Å². The Kier molecular flexibility index (Phi) is 8.97. The van der Waals surface area contributed by atoms with Crippen LogP contribution in [0.5, 0.6) is 0 Å². The standard InChI is InChI=1S/C30H49N3O2S2/c1-23(26-16-21-29(36-26)17-8-6-7-9-18-29)32-27-22-31-30(19-10-4-3-5-11-20-30)28(33-27)24-12-14-25(15-13-24)37(2,34)35/h12-15,23,26-28,31-33H,3-11,16-22H2,1-2H3/t23-,26?,27?,28?/m0/s1. The van der Waals surface area contributed by atoms with Crippen molar-refractivity contribution in [1.82, 2.24) is 16.0 Å². The minimum Gasteiger partial charge on any atom is -0.307 e. The van der Waals surface area contributed by atoms with Crippen LogP contribution >= 0.6 is 11.8 Å². The number of hydrogen-bond acceptors (Lipinski definition) is 6. The maximum atomic E-state index is 12.1. The van der Waals surface area contributed by atoms with Gasteiger partial charge in [-0.3, -0.25) is 10.6 Å². The molecule has 0 radical (unpaired) electrons. The average molecular weight is 548 g/mol. The molecule has 4 fully saturated rings. The Balaban J connectivity index is 1.30. The molecule has 1 aromatic carbocycles. The van der Waals surface area contributed by atoms with Gasteiger partial charge in [-0.15, -0.1) is 0 Å². The summed E-state index contributed by atoms with van der Waals surface area (Å²) in [4.78, 5) is 0.403. The van der Waals surface area contributed by atoms with E-state index in [1.807, 2.05) is 12.1 Å². The van der Waals surface area contributed by atoms with Gasteiger partial charge in [-0.1, -0.05) is 69.9 Å². The van der Waals surface area contributed by atoms with Crippen molar-refractivity contribution < 1.29 is 8.42 Å². The summed E-state index contributed by atoms with van der Waals surface area (Å²) in [5.41, 5.74) is 1.23. The predicted octanol–water partition coefficient (Wildman–Crippen LogP) is 6.10. The van der Waals surface area contributed by atoms with Gasteiger partial charge < -0.3 is 5.32 Å². The normalized spacial score (nSPS) is 31.5. The molecule has 2 spiro atoms. The molecule has 7 heteroatoms. The van der Waals surface area contributed by atoms with Crippen LogP contribution in [-0.2, 0) is 9.84 Å². The number of hydrogen-bond donors (Lipinski definition) is 3. The van der Waals surface area contributed by atoms with E-state index in [1.165, 1.54) is 108 Å². The summed E-state index contributed by atoms with van der Waals surface area (Å²) in [6.45, 7) is 3.33. The van der Waals surface area contributed by atoms with Crippen LogP contribution in [0.25, 0.3) is 0 Å². The molecular formula is C30H49N3O2S2. The van der Waals surface area contributed by atoms with Crippen LogP contribution in [0.3, 0.4) is 0 Å². The van der Waals surface area contributed by atoms with E-state index in [4.69, 9.17) is 0 Å². The molecular weight excluding hydrogens is 498 g/mol. The zero-order valence-corrected chi connectivity index (χ0v) is 24.7. The monoisotopic (exact) mass is 547 g/mol. The maximum absolute atomic E-state index is 12.1. The largest absolute Gasteiger partial charge is 0.307 e. The number of rotatable bonds is 5. The van der Waals surface area contributed by atoms with Gasteiger partial charge in [0.1, 0.15) is 0 Å². The van der Waals surface area contributed by atoms with Gasteiger partial charge in [0, 0.05) is 34.4 Å². The molecule has 1 aromatic rings. The van der Waals surface area contributed by atoms with Gasteiger partial charge in [-0.05, 0) is 63.1 Å². The van der Waals surface area contributed by atoms with Crippen LogP contribution < -0.4 is 16.0 Å². The van der Waals surface area contributed by atoms with Gasteiger partial charge in [-0.2, -0.15) is 11.8 Å². The second-order valence-corrected chi connectivity index (χ2v) is 16.3. The van der Waals surface area contributed by atoms with E-state index < -0.39 is 9.84 Å². The number of benzene rings is 1. The van der Waals surface area contributed by atoms with Crippen LogP contribution in [0.2, 0.25) is 0 Å². The fourth-order valence-corrected chi connectivity index (χ4v) is 10.2. The Labute approximate surface area is 230 Å². The highest BCUT2D eigenvalue weighted by Crippen LogP contribution is 2.52. The van der Waals surface area contributed by atoms with E-state index in [0.29, 0.717) is 20.9 Å². The van der Waals surface area contributed by atoms with E-state index in [2.05, 4.69) is 34.6 Å². The first-order valence-corrected chi connectivity index (χ1v) is 17.8. The van der Waals surface area contributed by atoms with Crippen LogP contribution in [0.1, 0.15) is 115 Å². The first kappa shape index (κ1) is 27.9. The van der Waals surface area contributed by atoms with Crippen molar-refractivity contribution in [2.45, 2.75) is 142 Å². The third kappa shape index (κ3) is 6.59. The van der Waals surface area contributed by atoms with Gasteiger partial charge in [-0.25, -0.2) is 8.42 Å². The Morgan fingerprint density at radius 1 is 0.892 bits per heavy atom. The SMILES string of the molecule is C[C@H](NC1CNC2(CCCCCCC2)C(c2ccc(S(C)(=O)=O)cc2)N1)C1CCC2(CCCCCC2)S1. The van der Waals surface area contributed by atoms with Gasteiger partial charge >= 0.3 is 0 Å². The summed E-state index contributed by atoms with van der Waals surface area (Å²) in [7, 11) is -3.20. The molecule has 2 aliphatic heterocycles. The molecule has 5 nitrogen and oxygen atoms in total. The van der Waals surface area contributed by atoms with Gasteiger partial charge in [0.05, 0.1) is 17.1 Å². The van der Waals surface area contributed by atoms with Crippen molar-refractivity contribution >= 4 is 21.6 Å². The molecule has 37 heavy (non-hydrogen) atoms. The zero-order chi connectivity index (χ0) is 25.9. The minimum absolute atomic E-state index is 0.0287. The molecule has 2 saturated heterocycles. The van der Waals surface area contributed by atoms with Crippen molar-refractivity contribution in [2.24, 2.45) is 0 Å². The minimum atomic E-state index is -3.20. The molecule has 0 bridgehead atoms. The lowest BCUT2D eigenvalue weighted by atomic mass is 9.74. The zero-order valence-electron chi connectivity index (χ0n) is 23.1. The summed E-state index contributed by atoms with van der Waals surface area (Å²) in [6.07, 6.45) is 21.5. The molecule has 3 unspecified atom stereocenters. The fourth-order valence-electron chi connectivity index (χ4n) is 7.62. The van der Waals surface area contributed by atoms with Crippen molar-refractivity contribution in [3.8, 4) is 0 Å². The van der Waals surface area contributed by atoms with Crippen LogP contribution in [0, 0.1) is 0 Å². The molecule has 2 aliphatic carbocycles. The first-order chi connectivity index (χ1) is 17.8. The number of thioether (sulfide) groups is 1. The lowest BCUT2D eigenvalue weighted by molar-refractivity contribution is 0.113. The van der Waals surface area contributed by atoms with Gasteiger partial charge in [0.2, 0.25) is 0 Å². The van der Waals surface area contributed by atoms with E-state index in [1.54, 1.807) is 12.1 Å². The molecule has 0 aromatic heterocycles. The summed E-state index contributed by atoms with van der Waals surface area (Å²) in [6, 6.07) is 8.32. The third-order valence-corrected chi connectivity index (χ3v) is 13.0. The molecule has 5 rings (SSSR count). The first-order valence-electron chi connectivity index (χ1n) is 15.0. The smallest absolute Gasteiger partial charge is 0.175 e. The molecule has 4 atom stereocenters. The number of nitrogens with one attached hydrogen (secondary N) is 3. The third-order valence-electron chi connectivity index (χ3n) is 9.79. The Morgan fingerprint density at radius 2 is 1.49 bits per heavy atom. The number of piperazine rings is 1. The summed E-state index contributed by atoms with van der Waals surface area (Å²) in [5, 5.41) is 12.8. The topological polar surface area (TPSA) is 70.2 Å². The Bertz CT molecular complexity index is 981. The predicted molar refractivity (Wildman–Crippen MR) is 156 cm³/mol. The van der Waals surface area contributed by atoms with E-state index in [-0.39, 0.29) is 17.7 Å². The van der Waals surface area contributed by atoms with E-state index >= 15 is 0 Å². The van der Waals surface area contributed by atoms with Crippen LogP contribution in [-0.4, -0.2) is 49.0 Å². The van der Waals surface area contributed by atoms with E-state index in [0.717, 1.165) is 6.54 Å². The lowest BCUT2D eigenvalue weighted by Gasteiger charge is -2.50. The Morgan fingerprint density at radius 3 is 2.11 bits per heavy atom. The summed E-state index contributed by atoms with van der Waals surface area (Å²) >= 11 is 2.30. The van der Waals surface area contributed by atoms with Crippen LogP contribution in [0.15, 0.2) is 29.2 Å². The van der Waals surface area contributed by atoms with Crippen molar-refractivity contribution in [1.29, 1.82) is 0 Å². The lowest BCUT2D eigenvalue weighted by Crippen LogP contribution is -2.68. The molecule has 3 N–H and O–H groups in total. The molecule has 4 aliphatic rings. The number of sulfone groups is 1. The second-order valence-electron chi connectivity index (χ2n) is 12.5. The van der Waals surface area contributed by atoms with Gasteiger partial charge in [0.25, 0.3) is 0 Å². The van der Waals surface area contributed by atoms with Crippen molar-refractivity contribution in [3.05, 3.63) is 29.8 Å². The van der Waals surface area contributed by atoms with Crippen LogP contribution in [0.4, 0.5) is 0 Å². The molecule has 208 valence electrons. The molecule has 0 amide bonds. The maximum Gasteiger partial charge on any atom is 0.175 e. The van der Waals surface area contributed by atoms with Gasteiger partial charge in [0.15, 0.2) is 9.84 Å². The van der Waals surface area contributed by atoms with Crippen molar-refractivity contribution in [2.75, 3.05) is 12.8 Å². The molecule has 2 saturated carbocycles. The summed E-state index contributed by atoms with van der Waals surface area (Å²) in [5.74, 6) is 0. The average Bonchev–Trinajstić information content (AvgIpc) is 3.14. The highest BCUT2D eigenvalue weighted by molar-refractivity contribution is 8.01. The quantitative estimate of drug-likeness (QED) is 0.414. The second kappa shape index (κ2) is 11.9. The molecule has 2 heterocycles. The highest BCUT2D eigenvalue weighted by atomic mass is 32.2. The Hall–Kier alpha value is -0.600. The van der Waals surface area contributed by atoms with Crippen molar-refractivity contribution in [3.63, 3.8) is 0 Å². The summed E-state index contributed by atoms with van der Waals surface area (Å²) < 4.78 is 24.7.